The number of carbonyl (C=O) groups excluding carboxylic acids is 2. The molecule has 1 unspecified atom stereocenters. The minimum absolute atomic E-state index is 0.368. The van der Waals surface area contributed by atoms with Gasteiger partial charge in [0.2, 0.25) is 0 Å². The van der Waals surface area contributed by atoms with E-state index < -0.39 is 6.04 Å². The molecule has 30 heavy (non-hydrogen) atoms. The second-order valence-electron chi connectivity index (χ2n) is 6.91. The SMILES string of the molecule is COc1ccc2ccccc2c1C1NC(=O)NC(C)=C1C(=O)Nc1ccccc1Cl. The second-order valence-corrected chi connectivity index (χ2v) is 7.31. The second kappa shape index (κ2) is 8.08. The number of carbonyl (C=O) groups is 2. The van der Waals surface area contributed by atoms with Gasteiger partial charge in [-0.1, -0.05) is 54.1 Å². The summed E-state index contributed by atoms with van der Waals surface area (Å²) in [5.41, 5.74) is 2.05. The molecule has 3 amide bonds. The number of nitrogens with one attached hydrogen (secondary N) is 3. The first kappa shape index (κ1) is 19.8. The van der Waals surface area contributed by atoms with Crippen molar-refractivity contribution < 1.29 is 14.3 Å². The van der Waals surface area contributed by atoms with Crippen LogP contribution >= 0.6 is 11.6 Å². The largest absolute Gasteiger partial charge is 0.496 e. The number of anilines is 1. The predicted molar refractivity (Wildman–Crippen MR) is 118 cm³/mol. The summed E-state index contributed by atoms with van der Waals surface area (Å²) >= 11 is 6.21. The Morgan fingerprint density at radius 3 is 2.57 bits per heavy atom. The molecule has 3 N–H and O–H groups in total. The first-order valence-corrected chi connectivity index (χ1v) is 9.77. The molecular weight excluding hydrogens is 402 g/mol. The first-order chi connectivity index (χ1) is 14.5. The molecule has 0 aromatic heterocycles. The molecule has 6 nitrogen and oxygen atoms in total. The minimum Gasteiger partial charge on any atom is -0.496 e. The van der Waals surface area contributed by atoms with E-state index in [9.17, 15) is 9.59 Å². The van der Waals surface area contributed by atoms with Crippen LogP contribution in [0.5, 0.6) is 5.75 Å². The van der Waals surface area contributed by atoms with Crippen molar-refractivity contribution in [1.82, 2.24) is 10.6 Å². The van der Waals surface area contributed by atoms with Gasteiger partial charge in [0.25, 0.3) is 5.91 Å². The van der Waals surface area contributed by atoms with Crippen molar-refractivity contribution in [2.75, 3.05) is 12.4 Å². The van der Waals surface area contributed by atoms with Gasteiger partial charge in [0, 0.05) is 11.3 Å². The van der Waals surface area contributed by atoms with E-state index in [-0.39, 0.29) is 11.9 Å². The summed E-state index contributed by atoms with van der Waals surface area (Å²) in [4.78, 5) is 25.6. The molecule has 3 aromatic rings. The minimum atomic E-state index is -0.706. The van der Waals surface area contributed by atoms with Gasteiger partial charge >= 0.3 is 6.03 Å². The number of fused-ring (bicyclic) bond motifs is 1. The van der Waals surface area contributed by atoms with Crippen LogP contribution < -0.4 is 20.7 Å². The maximum Gasteiger partial charge on any atom is 0.319 e. The van der Waals surface area contributed by atoms with E-state index in [1.807, 2.05) is 36.4 Å². The van der Waals surface area contributed by atoms with Gasteiger partial charge in [-0.05, 0) is 35.9 Å². The summed E-state index contributed by atoms with van der Waals surface area (Å²) in [6.45, 7) is 1.70. The molecule has 4 rings (SSSR count). The van der Waals surface area contributed by atoms with Crippen LogP contribution in [0.2, 0.25) is 5.02 Å². The molecule has 1 aliphatic heterocycles. The molecule has 0 spiro atoms. The van der Waals surface area contributed by atoms with Crippen LogP contribution in [-0.4, -0.2) is 19.0 Å². The number of ether oxygens (including phenoxy) is 1. The lowest BCUT2D eigenvalue weighted by Gasteiger charge is -2.30. The van der Waals surface area contributed by atoms with Gasteiger partial charge in [-0.15, -0.1) is 0 Å². The number of allylic oxidation sites excluding steroid dienone is 1. The maximum absolute atomic E-state index is 13.3. The molecule has 7 heteroatoms. The maximum atomic E-state index is 13.3. The van der Waals surface area contributed by atoms with E-state index in [0.717, 1.165) is 10.8 Å². The average molecular weight is 422 g/mol. The van der Waals surface area contributed by atoms with Crippen molar-refractivity contribution in [1.29, 1.82) is 0 Å². The summed E-state index contributed by atoms with van der Waals surface area (Å²) in [6, 6.07) is 17.4. The Bertz CT molecular complexity index is 1190. The Balaban J connectivity index is 1.85. The molecule has 3 aromatic carbocycles. The third-order valence-corrected chi connectivity index (χ3v) is 5.40. The zero-order valence-electron chi connectivity index (χ0n) is 16.5. The normalized spacial score (nSPS) is 16.1. The van der Waals surface area contributed by atoms with E-state index in [4.69, 9.17) is 16.3 Å². The van der Waals surface area contributed by atoms with Crippen LogP contribution in [0.3, 0.4) is 0 Å². The Kier molecular flexibility index (Phi) is 5.33. The molecule has 152 valence electrons. The fourth-order valence-corrected chi connectivity index (χ4v) is 3.90. The Morgan fingerprint density at radius 1 is 1.07 bits per heavy atom. The number of methoxy groups -OCH3 is 1. The molecule has 0 aliphatic carbocycles. The van der Waals surface area contributed by atoms with Crippen LogP contribution in [0, 0.1) is 0 Å². The van der Waals surface area contributed by atoms with E-state index >= 15 is 0 Å². The van der Waals surface area contributed by atoms with Crippen LogP contribution in [0.4, 0.5) is 10.5 Å². The van der Waals surface area contributed by atoms with Gasteiger partial charge < -0.3 is 20.7 Å². The zero-order chi connectivity index (χ0) is 21.3. The standard InChI is InChI=1S/C23H20ClN3O3/c1-13-19(22(28)26-17-10-6-5-9-16(17)24)21(27-23(29)25-13)20-15-8-4-3-7-14(15)11-12-18(20)30-2/h3-12,21H,1-2H3,(H,26,28)(H2,25,27,29). The highest BCUT2D eigenvalue weighted by molar-refractivity contribution is 6.34. The number of urea groups is 1. The van der Waals surface area contributed by atoms with Gasteiger partial charge in [0.15, 0.2) is 0 Å². The number of benzene rings is 3. The smallest absolute Gasteiger partial charge is 0.319 e. The lowest BCUT2D eigenvalue weighted by Crippen LogP contribution is -2.46. The summed E-state index contributed by atoms with van der Waals surface area (Å²) in [5.74, 6) is 0.213. The van der Waals surface area contributed by atoms with Crippen molar-refractivity contribution in [2.24, 2.45) is 0 Å². The van der Waals surface area contributed by atoms with Crippen molar-refractivity contribution in [3.05, 3.63) is 82.5 Å². The fourth-order valence-electron chi connectivity index (χ4n) is 3.71. The highest BCUT2D eigenvalue weighted by Gasteiger charge is 2.34. The fraction of sp³-hybridized carbons (Fsp3) is 0.130. The monoisotopic (exact) mass is 421 g/mol. The summed E-state index contributed by atoms with van der Waals surface area (Å²) in [5, 5.41) is 10.7. The molecule has 0 saturated heterocycles. The van der Waals surface area contributed by atoms with Crippen molar-refractivity contribution in [3.8, 4) is 5.75 Å². The quantitative estimate of drug-likeness (QED) is 0.567. The number of rotatable bonds is 4. The first-order valence-electron chi connectivity index (χ1n) is 9.39. The number of hydrogen-bond donors (Lipinski definition) is 3. The highest BCUT2D eigenvalue weighted by atomic mass is 35.5. The van der Waals surface area contributed by atoms with Crippen LogP contribution in [0.15, 0.2) is 71.9 Å². The average Bonchev–Trinajstić information content (AvgIpc) is 2.73. The lowest BCUT2D eigenvalue weighted by molar-refractivity contribution is -0.113. The number of halogens is 1. The van der Waals surface area contributed by atoms with Crippen LogP contribution in [-0.2, 0) is 4.79 Å². The summed E-state index contributed by atoms with van der Waals surface area (Å²) in [6.07, 6.45) is 0. The number of para-hydroxylation sites is 1. The van der Waals surface area contributed by atoms with E-state index in [2.05, 4.69) is 16.0 Å². The predicted octanol–water partition coefficient (Wildman–Crippen LogP) is 4.77. The Morgan fingerprint density at radius 2 is 1.80 bits per heavy atom. The molecule has 0 fully saturated rings. The van der Waals surface area contributed by atoms with Gasteiger partial charge in [-0.3, -0.25) is 4.79 Å². The lowest BCUT2D eigenvalue weighted by atomic mass is 9.90. The van der Waals surface area contributed by atoms with E-state index in [1.165, 1.54) is 0 Å². The third kappa shape index (κ3) is 3.57. The van der Waals surface area contributed by atoms with Crippen molar-refractivity contribution in [3.63, 3.8) is 0 Å². The number of amides is 3. The molecule has 0 radical (unpaired) electrons. The summed E-state index contributed by atoms with van der Waals surface area (Å²) < 4.78 is 5.60. The van der Waals surface area contributed by atoms with Gasteiger partial charge in [-0.2, -0.15) is 0 Å². The molecular formula is C23H20ClN3O3. The number of hydrogen-bond acceptors (Lipinski definition) is 3. The van der Waals surface area contributed by atoms with Crippen LogP contribution in [0.25, 0.3) is 10.8 Å². The van der Waals surface area contributed by atoms with Crippen molar-refractivity contribution >= 4 is 40.0 Å². The van der Waals surface area contributed by atoms with E-state index in [1.54, 1.807) is 38.3 Å². The van der Waals surface area contributed by atoms with E-state index in [0.29, 0.717) is 33.3 Å². The van der Waals surface area contributed by atoms with Gasteiger partial charge in [0.1, 0.15) is 5.75 Å². The Labute approximate surface area is 178 Å². The molecule has 1 heterocycles. The third-order valence-electron chi connectivity index (χ3n) is 5.08. The zero-order valence-corrected chi connectivity index (χ0v) is 17.2. The highest BCUT2D eigenvalue weighted by Crippen LogP contribution is 2.38. The molecule has 0 bridgehead atoms. The summed E-state index contributed by atoms with van der Waals surface area (Å²) in [7, 11) is 1.57. The molecule has 0 saturated carbocycles. The molecule has 1 atom stereocenters. The molecule has 1 aliphatic rings. The van der Waals surface area contributed by atoms with Crippen LogP contribution in [0.1, 0.15) is 18.5 Å². The van der Waals surface area contributed by atoms with Crippen molar-refractivity contribution in [2.45, 2.75) is 13.0 Å². The van der Waals surface area contributed by atoms with Gasteiger partial charge in [-0.25, -0.2) is 4.79 Å². The topological polar surface area (TPSA) is 79.5 Å². The van der Waals surface area contributed by atoms with Gasteiger partial charge in [0.05, 0.1) is 29.4 Å². The Hall–Kier alpha value is -3.51.